The Kier molecular flexibility index (Phi) is 4.64. The van der Waals surface area contributed by atoms with E-state index in [9.17, 15) is 4.39 Å². The highest BCUT2D eigenvalue weighted by Gasteiger charge is 2.18. The van der Waals surface area contributed by atoms with Crippen molar-refractivity contribution >= 4 is 28.6 Å². The van der Waals surface area contributed by atoms with Gasteiger partial charge in [0.05, 0.1) is 11.0 Å². The summed E-state index contributed by atoms with van der Waals surface area (Å²) in [7, 11) is 0. The van der Waals surface area contributed by atoms with Gasteiger partial charge < -0.3 is 9.88 Å². The van der Waals surface area contributed by atoms with E-state index >= 15 is 0 Å². The van der Waals surface area contributed by atoms with Crippen LogP contribution < -0.4 is 4.90 Å². The number of H-pyrrole nitrogens is 1. The molecule has 0 saturated heterocycles. The molecule has 1 aromatic heterocycles. The first-order chi connectivity index (χ1) is 9.19. The quantitative estimate of drug-likeness (QED) is 0.815. The highest BCUT2D eigenvalue weighted by atomic mass is 35.5. The third kappa shape index (κ3) is 3.00. The van der Waals surface area contributed by atoms with E-state index < -0.39 is 0 Å². The highest BCUT2D eigenvalue weighted by Crippen LogP contribution is 2.22. The fourth-order valence-electron chi connectivity index (χ4n) is 2.39. The van der Waals surface area contributed by atoms with Gasteiger partial charge in [0.2, 0.25) is 5.95 Å². The Labute approximate surface area is 117 Å². The number of benzene rings is 1. The van der Waals surface area contributed by atoms with Gasteiger partial charge in [-0.3, -0.25) is 0 Å². The van der Waals surface area contributed by atoms with Crippen LogP contribution in [0.25, 0.3) is 11.0 Å². The van der Waals surface area contributed by atoms with Crippen LogP contribution in [0.3, 0.4) is 0 Å². The Morgan fingerprint density at radius 2 is 2.11 bits per heavy atom. The molecule has 1 heterocycles. The van der Waals surface area contributed by atoms with E-state index in [1.165, 1.54) is 12.1 Å². The predicted octanol–water partition coefficient (Wildman–Crippen LogP) is 3.94. The smallest absolute Gasteiger partial charge is 0.204 e. The summed E-state index contributed by atoms with van der Waals surface area (Å²) in [6.07, 6.45) is 2.05. The number of imidazole rings is 1. The number of anilines is 1. The van der Waals surface area contributed by atoms with Crippen molar-refractivity contribution in [3.63, 3.8) is 0 Å². The van der Waals surface area contributed by atoms with Crippen LogP contribution in [0.2, 0.25) is 0 Å². The fraction of sp³-hybridized carbons (Fsp3) is 0.500. The van der Waals surface area contributed by atoms with Crippen LogP contribution in [0, 0.1) is 5.82 Å². The molecule has 1 aromatic carbocycles. The second-order valence-corrected chi connectivity index (χ2v) is 4.95. The van der Waals surface area contributed by atoms with E-state index in [0.29, 0.717) is 11.9 Å². The third-order valence-electron chi connectivity index (χ3n) is 3.41. The predicted molar refractivity (Wildman–Crippen MR) is 78.5 cm³/mol. The molecule has 0 unspecified atom stereocenters. The maximum atomic E-state index is 13.2. The number of nitrogens with zero attached hydrogens (tertiary/aromatic N) is 2. The van der Waals surface area contributed by atoms with Crippen molar-refractivity contribution in [1.82, 2.24) is 9.97 Å². The van der Waals surface area contributed by atoms with Crippen LogP contribution in [0.15, 0.2) is 18.2 Å². The van der Waals surface area contributed by atoms with Crippen molar-refractivity contribution in [2.24, 2.45) is 0 Å². The molecule has 0 aliphatic rings. The van der Waals surface area contributed by atoms with Crippen LogP contribution in [-0.2, 0) is 0 Å². The largest absolute Gasteiger partial charge is 0.338 e. The van der Waals surface area contributed by atoms with E-state index in [4.69, 9.17) is 11.6 Å². The average molecular weight is 284 g/mol. The number of aromatic nitrogens is 2. The van der Waals surface area contributed by atoms with Crippen molar-refractivity contribution in [2.75, 3.05) is 17.3 Å². The molecule has 5 heteroatoms. The number of alkyl halides is 1. The Balaban J connectivity index is 2.38. The van der Waals surface area contributed by atoms with Gasteiger partial charge in [0.25, 0.3) is 0 Å². The molecule has 2 rings (SSSR count). The molecule has 0 spiro atoms. The molecular weight excluding hydrogens is 265 g/mol. The average Bonchev–Trinajstić information content (AvgIpc) is 2.81. The lowest BCUT2D eigenvalue weighted by molar-refractivity contribution is 0.559. The Bertz CT molecular complexity index is 536. The Morgan fingerprint density at radius 1 is 1.37 bits per heavy atom. The summed E-state index contributed by atoms with van der Waals surface area (Å²) in [5.41, 5.74) is 1.50. The van der Waals surface area contributed by atoms with Crippen molar-refractivity contribution in [2.45, 2.75) is 32.7 Å². The first-order valence-electron chi connectivity index (χ1n) is 6.67. The van der Waals surface area contributed by atoms with Gasteiger partial charge in [-0.05, 0) is 31.0 Å². The summed E-state index contributed by atoms with van der Waals surface area (Å²) in [5, 5.41) is 0. The molecule has 0 bridgehead atoms. The molecular formula is C14H19ClFN3. The maximum Gasteiger partial charge on any atom is 0.204 e. The number of rotatable bonds is 6. The molecule has 1 N–H and O–H groups in total. The van der Waals surface area contributed by atoms with Crippen molar-refractivity contribution in [1.29, 1.82) is 0 Å². The summed E-state index contributed by atoms with van der Waals surface area (Å²) in [6.45, 7) is 5.03. The van der Waals surface area contributed by atoms with Crippen LogP contribution in [0.4, 0.5) is 10.3 Å². The molecule has 2 aromatic rings. The minimum atomic E-state index is -0.255. The summed E-state index contributed by atoms with van der Waals surface area (Å²) in [5.74, 6) is 1.06. The minimum Gasteiger partial charge on any atom is -0.338 e. The van der Waals surface area contributed by atoms with Gasteiger partial charge in [0.1, 0.15) is 5.82 Å². The van der Waals surface area contributed by atoms with E-state index in [0.717, 1.165) is 36.4 Å². The number of aromatic amines is 1. The van der Waals surface area contributed by atoms with Gasteiger partial charge in [0, 0.05) is 18.5 Å². The van der Waals surface area contributed by atoms with Gasteiger partial charge in [-0.1, -0.05) is 13.8 Å². The van der Waals surface area contributed by atoms with Crippen LogP contribution in [-0.4, -0.2) is 28.4 Å². The highest BCUT2D eigenvalue weighted by molar-refractivity contribution is 6.18. The molecule has 0 amide bonds. The summed E-state index contributed by atoms with van der Waals surface area (Å²) < 4.78 is 13.2. The maximum absolute atomic E-state index is 13.2. The number of hydrogen-bond donors (Lipinski definition) is 1. The molecule has 0 saturated carbocycles. The number of hydrogen-bond acceptors (Lipinski definition) is 2. The minimum absolute atomic E-state index is 0.255. The third-order valence-corrected chi connectivity index (χ3v) is 3.58. The van der Waals surface area contributed by atoms with Gasteiger partial charge in [-0.15, -0.1) is 11.6 Å². The Morgan fingerprint density at radius 3 is 2.74 bits per heavy atom. The molecule has 0 radical (unpaired) electrons. The lowest BCUT2D eigenvalue weighted by atomic mass is 10.1. The molecule has 3 nitrogen and oxygen atoms in total. The molecule has 0 aliphatic heterocycles. The van der Waals surface area contributed by atoms with Crippen LogP contribution in [0.5, 0.6) is 0 Å². The lowest BCUT2D eigenvalue weighted by Crippen LogP contribution is -2.36. The second-order valence-electron chi connectivity index (χ2n) is 4.57. The summed E-state index contributed by atoms with van der Waals surface area (Å²) in [6, 6.07) is 4.98. The van der Waals surface area contributed by atoms with Gasteiger partial charge >= 0.3 is 0 Å². The van der Waals surface area contributed by atoms with E-state index in [-0.39, 0.29) is 5.82 Å². The zero-order valence-corrected chi connectivity index (χ0v) is 12.0. The fourth-order valence-corrected chi connectivity index (χ4v) is 2.57. The zero-order valence-electron chi connectivity index (χ0n) is 11.3. The van der Waals surface area contributed by atoms with Crippen LogP contribution >= 0.6 is 11.6 Å². The molecule has 0 fully saturated rings. The molecule has 0 aliphatic carbocycles. The molecule has 19 heavy (non-hydrogen) atoms. The van der Waals surface area contributed by atoms with Gasteiger partial charge in [0.15, 0.2) is 0 Å². The zero-order chi connectivity index (χ0) is 13.8. The van der Waals surface area contributed by atoms with Gasteiger partial charge in [-0.25, -0.2) is 9.37 Å². The van der Waals surface area contributed by atoms with Crippen LogP contribution in [0.1, 0.15) is 26.7 Å². The normalized spacial score (nSPS) is 11.4. The van der Waals surface area contributed by atoms with E-state index in [2.05, 4.69) is 28.7 Å². The van der Waals surface area contributed by atoms with Crippen molar-refractivity contribution in [3.8, 4) is 0 Å². The summed E-state index contributed by atoms with van der Waals surface area (Å²) >= 11 is 5.88. The first kappa shape index (κ1) is 14.1. The van der Waals surface area contributed by atoms with Crippen molar-refractivity contribution in [3.05, 3.63) is 24.0 Å². The summed E-state index contributed by atoms with van der Waals surface area (Å²) in [4.78, 5) is 9.89. The number of nitrogens with one attached hydrogen (secondary N) is 1. The number of fused-ring (bicyclic) bond motifs is 1. The first-order valence-corrected chi connectivity index (χ1v) is 7.20. The number of halogens is 2. The lowest BCUT2D eigenvalue weighted by Gasteiger charge is -2.29. The standard InChI is InChI=1S/C14H19ClFN3/c1-3-11(4-2)19(8-7-15)14-17-12-6-5-10(16)9-13(12)18-14/h5-6,9,11H,3-4,7-8H2,1-2H3,(H,17,18). The molecule has 104 valence electrons. The van der Waals surface area contributed by atoms with E-state index in [1.807, 2.05) is 0 Å². The SMILES string of the molecule is CCC(CC)N(CCCl)c1nc2ccc(F)cc2[nH]1. The van der Waals surface area contributed by atoms with Crippen molar-refractivity contribution < 1.29 is 4.39 Å². The molecule has 0 atom stereocenters. The van der Waals surface area contributed by atoms with Gasteiger partial charge in [-0.2, -0.15) is 0 Å². The Hall–Kier alpha value is -1.29. The monoisotopic (exact) mass is 283 g/mol. The van der Waals surface area contributed by atoms with E-state index in [1.54, 1.807) is 6.07 Å². The topological polar surface area (TPSA) is 31.9 Å². The second kappa shape index (κ2) is 6.24.